The van der Waals surface area contributed by atoms with Gasteiger partial charge in [0.25, 0.3) is 0 Å². The number of hydrogen-bond acceptors (Lipinski definition) is 6. The Morgan fingerprint density at radius 3 is 2.74 bits per heavy atom. The maximum atomic E-state index is 8.71. The van der Waals surface area contributed by atoms with E-state index in [1.165, 1.54) is 0 Å². The molecule has 1 saturated heterocycles. The lowest BCUT2D eigenvalue weighted by atomic mass is 9.97. The Labute approximate surface area is 159 Å². The largest absolute Gasteiger partial charge is 0.398 e. The molecule has 27 heavy (non-hydrogen) atoms. The van der Waals surface area contributed by atoms with Crippen LogP contribution in [0.25, 0.3) is 11.1 Å². The van der Waals surface area contributed by atoms with Crippen molar-refractivity contribution in [1.82, 2.24) is 14.8 Å². The van der Waals surface area contributed by atoms with Gasteiger partial charge in [-0.25, -0.2) is 4.98 Å². The van der Waals surface area contributed by atoms with Gasteiger partial charge in [-0.1, -0.05) is 6.07 Å². The second kappa shape index (κ2) is 7.20. The molecule has 0 radical (unpaired) electrons. The van der Waals surface area contributed by atoms with Crippen molar-refractivity contribution in [3.63, 3.8) is 0 Å². The molecule has 0 saturated carbocycles. The van der Waals surface area contributed by atoms with Crippen LogP contribution in [0.15, 0.2) is 48.9 Å². The Bertz CT molecular complexity index is 980. The lowest BCUT2D eigenvalue weighted by molar-refractivity contribution is 0.122. The second-order valence-corrected chi connectivity index (χ2v) is 6.58. The SMILES string of the molecule is Cn1cc(-c2ccc(N)c(C(=N)c3ccnc(N4CCOCC4)c3)c2)cn1.[HH]. The predicted molar refractivity (Wildman–Crippen MR) is 108 cm³/mol. The number of nitrogens with one attached hydrogen (secondary N) is 1. The minimum absolute atomic E-state index is 0. The van der Waals surface area contributed by atoms with Crippen LogP contribution in [0.4, 0.5) is 11.5 Å². The molecule has 0 bridgehead atoms. The van der Waals surface area contributed by atoms with Crippen LogP contribution in [0, 0.1) is 5.41 Å². The van der Waals surface area contributed by atoms with Gasteiger partial charge in [-0.2, -0.15) is 5.10 Å². The zero-order chi connectivity index (χ0) is 18.8. The molecule has 0 spiro atoms. The molecule has 140 valence electrons. The van der Waals surface area contributed by atoms with Crippen molar-refractivity contribution in [2.75, 3.05) is 36.9 Å². The summed E-state index contributed by atoms with van der Waals surface area (Å²) < 4.78 is 7.16. The van der Waals surface area contributed by atoms with E-state index in [1.54, 1.807) is 10.9 Å². The van der Waals surface area contributed by atoms with E-state index in [0.717, 1.165) is 35.6 Å². The molecular weight excluding hydrogens is 340 g/mol. The number of anilines is 2. The van der Waals surface area contributed by atoms with Crippen LogP contribution in [-0.4, -0.2) is 46.8 Å². The molecule has 3 heterocycles. The summed E-state index contributed by atoms with van der Waals surface area (Å²) in [4.78, 5) is 6.64. The molecule has 0 atom stereocenters. The Kier molecular flexibility index (Phi) is 4.60. The number of ether oxygens (including phenoxy) is 1. The van der Waals surface area contributed by atoms with E-state index in [1.807, 2.05) is 49.8 Å². The lowest BCUT2D eigenvalue weighted by Crippen LogP contribution is -2.36. The number of morpholine rings is 1. The van der Waals surface area contributed by atoms with E-state index < -0.39 is 0 Å². The van der Waals surface area contributed by atoms with Crippen molar-refractivity contribution in [2.45, 2.75) is 0 Å². The second-order valence-electron chi connectivity index (χ2n) is 6.58. The Morgan fingerprint density at radius 1 is 1.19 bits per heavy atom. The highest BCUT2D eigenvalue weighted by Crippen LogP contribution is 2.26. The number of pyridine rings is 1. The molecular formula is C20H24N6O. The summed E-state index contributed by atoms with van der Waals surface area (Å²) in [5.41, 5.74) is 10.6. The average Bonchev–Trinajstić information content (AvgIpc) is 3.15. The summed E-state index contributed by atoms with van der Waals surface area (Å²) in [7, 11) is 1.88. The molecule has 7 heteroatoms. The van der Waals surface area contributed by atoms with Crippen LogP contribution in [0.2, 0.25) is 0 Å². The maximum Gasteiger partial charge on any atom is 0.129 e. The first-order valence-corrected chi connectivity index (χ1v) is 8.88. The van der Waals surface area contributed by atoms with Gasteiger partial charge in [-0.3, -0.25) is 10.1 Å². The van der Waals surface area contributed by atoms with Crippen LogP contribution in [0.1, 0.15) is 12.6 Å². The highest BCUT2D eigenvalue weighted by atomic mass is 16.5. The molecule has 1 aliphatic heterocycles. The highest BCUT2D eigenvalue weighted by Gasteiger charge is 2.16. The third kappa shape index (κ3) is 3.54. The number of nitrogens with two attached hydrogens (primary N) is 1. The van der Waals surface area contributed by atoms with Crippen molar-refractivity contribution in [1.29, 1.82) is 5.41 Å². The minimum atomic E-state index is 0. The van der Waals surface area contributed by atoms with Gasteiger partial charge in [0.2, 0.25) is 0 Å². The average molecular weight is 364 g/mol. The van der Waals surface area contributed by atoms with Crippen LogP contribution < -0.4 is 10.6 Å². The molecule has 3 N–H and O–H groups in total. The van der Waals surface area contributed by atoms with E-state index in [2.05, 4.69) is 15.0 Å². The summed E-state index contributed by atoms with van der Waals surface area (Å²) in [6, 6.07) is 9.54. The van der Waals surface area contributed by atoms with Gasteiger partial charge in [0.1, 0.15) is 5.82 Å². The zero-order valence-electron chi connectivity index (χ0n) is 15.2. The summed E-state index contributed by atoms with van der Waals surface area (Å²) in [6.45, 7) is 3.01. The third-order valence-corrected chi connectivity index (χ3v) is 4.73. The number of nitrogen functional groups attached to an aromatic ring is 1. The molecule has 7 nitrogen and oxygen atoms in total. The van der Waals surface area contributed by atoms with Gasteiger partial charge in [0.15, 0.2) is 0 Å². The smallest absolute Gasteiger partial charge is 0.129 e. The highest BCUT2D eigenvalue weighted by molar-refractivity contribution is 6.14. The van der Waals surface area contributed by atoms with Crippen molar-refractivity contribution in [2.24, 2.45) is 7.05 Å². The predicted octanol–water partition coefficient (Wildman–Crippen LogP) is 2.56. The molecule has 2 aromatic heterocycles. The van der Waals surface area contributed by atoms with Crippen LogP contribution in [-0.2, 0) is 11.8 Å². The molecule has 0 amide bonds. The number of benzene rings is 1. The van der Waals surface area contributed by atoms with Gasteiger partial charge >= 0.3 is 0 Å². The van der Waals surface area contributed by atoms with E-state index in [9.17, 15) is 0 Å². The molecule has 1 aliphatic rings. The molecule has 0 unspecified atom stereocenters. The van der Waals surface area contributed by atoms with Gasteiger partial charge < -0.3 is 15.4 Å². The van der Waals surface area contributed by atoms with E-state index >= 15 is 0 Å². The van der Waals surface area contributed by atoms with Crippen molar-refractivity contribution in [3.8, 4) is 11.1 Å². The van der Waals surface area contributed by atoms with Gasteiger partial charge in [0.05, 0.1) is 25.1 Å². The first kappa shape index (κ1) is 17.2. The van der Waals surface area contributed by atoms with Gasteiger partial charge in [0, 0.05) is 56.3 Å². The topological polar surface area (TPSA) is 93.0 Å². The number of nitrogens with zero attached hydrogens (tertiary/aromatic N) is 4. The molecule has 0 aliphatic carbocycles. The Morgan fingerprint density at radius 2 is 2.00 bits per heavy atom. The van der Waals surface area contributed by atoms with Crippen LogP contribution in [0.5, 0.6) is 0 Å². The maximum absolute atomic E-state index is 8.71. The van der Waals surface area contributed by atoms with E-state index in [-0.39, 0.29) is 1.43 Å². The fraction of sp³-hybridized carbons (Fsp3) is 0.250. The molecule has 1 aromatic carbocycles. The Hall–Kier alpha value is -3.19. The number of aryl methyl sites for hydroxylation is 1. The fourth-order valence-electron chi connectivity index (χ4n) is 3.22. The molecule has 1 fully saturated rings. The number of aromatic nitrogens is 3. The van der Waals surface area contributed by atoms with Crippen molar-refractivity contribution in [3.05, 3.63) is 60.0 Å². The number of hydrogen-bond donors (Lipinski definition) is 2. The van der Waals surface area contributed by atoms with E-state index in [4.69, 9.17) is 15.9 Å². The van der Waals surface area contributed by atoms with Crippen molar-refractivity contribution >= 4 is 17.2 Å². The van der Waals surface area contributed by atoms with E-state index in [0.29, 0.717) is 30.2 Å². The Balaban J connectivity index is 0.00000225. The summed E-state index contributed by atoms with van der Waals surface area (Å²) in [5.74, 6) is 0.863. The lowest BCUT2D eigenvalue weighted by Gasteiger charge is -2.28. The number of rotatable bonds is 4. The monoisotopic (exact) mass is 364 g/mol. The zero-order valence-corrected chi connectivity index (χ0v) is 15.2. The standard InChI is InChI=1S/C20H22N6O.H2/c1-25-13-16(12-24-25)14-2-3-18(21)17(10-14)20(22)15-4-5-23-19(11-15)26-6-8-27-9-7-26;/h2-5,10-13,22H,6-9,21H2,1H3;1H. The summed E-state index contributed by atoms with van der Waals surface area (Å²) in [5, 5.41) is 12.9. The fourth-order valence-corrected chi connectivity index (χ4v) is 3.22. The van der Waals surface area contributed by atoms with Crippen LogP contribution >= 0.6 is 0 Å². The van der Waals surface area contributed by atoms with Gasteiger partial charge in [-0.05, 0) is 29.8 Å². The molecule has 3 aromatic rings. The van der Waals surface area contributed by atoms with Crippen molar-refractivity contribution < 1.29 is 6.16 Å². The third-order valence-electron chi connectivity index (χ3n) is 4.73. The van der Waals surface area contributed by atoms with Crippen LogP contribution in [0.3, 0.4) is 0 Å². The minimum Gasteiger partial charge on any atom is -0.398 e. The summed E-state index contributed by atoms with van der Waals surface area (Å²) >= 11 is 0. The molecule has 4 rings (SSSR count). The first-order valence-electron chi connectivity index (χ1n) is 8.88. The first-order chi connectivity index (χ1) is 13.1. The quantitative estimate of drug-likeness (QED) is 0.548. The summed E-state index contributed by atoms with van der Waals surface area (Å²) in [6.07, 6.45) is 5.50. The van der Waals surface area contributed by atoms with Gasteiger partial charge in [-0.15, -0.1) is 0 Å². The normalized spacial score (nSPS) is 14.3.